The fourth-order valence-electron chi connectivity index (χ4n) is 2.15. The molecule has 0 radical (unpaired) electrons. The van der Waals surface area contributed by atoms with E-state index in [1.807, 2.05) is 0 Å². The van der Waals surface area contributed by atoms with Gasteiger partial charge in [-0.3, -0.25) is 14.7 Å². The highest BCUT2D eigenvalue weighted by Gasteiger charge is 2.16. The fraction of sp³-hybridized carbons (Fsp3) is 0.143. The van der Waals surface area contributed by atoms with Crippen LogP contribution in [0.5, 0.6) is 0 Å². The number of nitro benzene ring substituents is 1. The number of nitrogens with zero attached hydrogens (tertiary/aromatic N) is 2. The molecule has 9 heteroatoms. The highest BCUT2D eigenvalue weighted by molar-refractivity contribution is 7.13. The minimum atomic E-state index is -0.617. The Morgan fingerprint density at radius 1 is 1.39 bits per heavy atom. The van der Waals surface area contributed by atoms with Crippen LogP contribution >= 0.6 is 11.3 Å². The third-order valence-electron chi connectivity index (χ3n) is 3.22. The van der Waals surface area contributed by atoms with E-state index in [4.69, 9.17) is 4.42 Å². The average molecular weight is 334 g/mol. The van der Waals surface area contributed by atoms with Crippen molar-refractivity contribution in [3.63, 3.8) is 0 Å². The largest absolute Gasteiger partial charge is 0.465 e. The number of rotatable bonds is 4. The predicted octanol–water partition coefficient (Wildman–Crippen LogP) is 2.40. The predicted molar refractivity (Wildman–Crippen MR) is 81.9 cm³/mol. The van der Waals surface area contributed by atoms with Crippen molar-refractivity contribution < 1.29 is 18.9 Å². The Morgan fingerprint density at radius 2 is 2.17 bits per heavy atom. The molecule has 8 nitrogen and oxygen atoms in total. The summed E-state index contributed by atoms with van der Waals surface area (Å²) in [5.74, 6) is -1.06. The summed E-state index contributed by atoms with van der Waals surface area (Å²) in [6.45, 7) is 0.200. The number of aromatic nitrogens is 1. The van der Waals surface area contributed by atoms with Gasteiger partial charge in [-0.25, -0.2) is 9.59 Å². The minimum Gasteiger partial charge on any atom is -0.465 e. The van der Waals surface area contributed by atoms with Crippen molar-refractivity contribution in [2.24, 2.45) is 0 Å². The fourth-order valence-corrected chi connectivity index (χ4v) is 3.06. The van der Waals surface area contributed by atoms with Gasteiger partial charge in [0.05, 0.1) is 30.2 Å². The molecule has 0 fully saturated rings. The molecule has 2 heterocycles. The molecule has 0 spiro atoms. The summed E-state index contributed by atoms with van der Waals surface area (Å²) in [7, 11) is 1.29. The van der Waals surface area contributed by atoms with E-state index in [9.17, 15) is 19.7 Å². The smallest absolute Gasteiger partial charge is 0.420 e. The lowest BCUT2D eigenvalue weighted by atomic mass is 10.3. The molecule has 0 amide bonds. The van der Waals surface area contributed by atoms with Crippen molar-refractivity contribution >= 4 is 34.1 Å². The number of oxazole rings is 1. The molecule has 3 aromatic rings. The molecule has 0 atom stereocenters. The molecule has 0 aliphatic rings. The van der Waals surface area contributed by atoms with Gasteiger partial charge in [0.2, 0.25) is 0 Å². The standard InChI is InChI=1S/C14H10N2O6S/c1-21-13(17)12-5-3-9(23-12)7-15-10-4-2-8(16(19)20)6-11(10)22-14(15)18/h2-6H,7H2,1H3. The van der Waals surface area contributed by atoms with Crippen molar-refractivity contribution in [3.8, 4) is 0 Å². The molecule has 0 unspecified atom stereocenters. The van der Waals surface area contributed by atoms with Crippen LogP contribution in [0.15, 0.2) is 39.5 Å². The van der Waals surface area contributed by atoms with Crippen molar-refractivity contribution in [2.75, 3.05) is 7.11 Å². The summed E-state index contributed by atoms with van der Waals surface area (Å²) >= 11 is 1.20. The van der Waals surface area contributed by atoms with E-state index in [-0.39, 0.29) is 17.8 Å². The lowest BCUT2D eigenvalue weighted by Crippen LogP contribution is -2.14. The summed E-state index contributed by atoms with van der Waals surface area (Å²) in [6, 6.07) is 7.31. The number of carbonyl (C=O) groups is 1. The lowest BCUT2D eigenvalue weighted by molar-refractivity contribution is -0.384. The number of thiophene rings is 1. The van der Waals surface area contributed by atoms with E-state index in [1.54, 1.807) is 12.1 Å². The van der Waals surface area contributed by atoms with Crippen LogP contribution in [0.25, 0.3) is 11.1 Å². The number of non-ortho nitro benzene ring substituents is 1. The van der Waals surface area contributed by atoms with E-state index < -0.39 is 16.6 Å². The van der Waals surface area contributed by atoms with E-state index in [0.29, 0.717) is 10.4 Å². The van der Waals surface area contributed by atoms with Crippen LogP contribution in [0.3, 0.4) is 0 Å². The first-order chi connectivity index (χ1) is 11.0. The van der Waals surface area contributed by atoms with Crippen LogP contribution in [-0.4, -0.2) is 22.6 Å². The van der Waals surface area contributed by atoms with E-state index in [0.717, 1.165) is 4.88 Å². The second-order valence-electron chi connectivity index (χ2n) is 4.62. The van der Waals surface area contributed by atoms with Gasteiger partial charge >= 0.3 is 11.7 Å². The summed E-state index contributed by atoms with van der Waals surface area (Å²) in [5, 5.41) is 10.8. The van der Waals surface area contributed by atoms with Gasteiger partial charge in [-0.15, -0.1) is 11.3 Å². The molecule has 0 bridgehead atoms. The molecule has 0 aliphatic carbocycles. The number of ether oxygens (including phenoxy) is 1. The van der Waals surface area contributed by atoms with Crippen LogP contribution in [0.4, 0.5) is 5.69 Å². The van der Waals surface area contributed by atoms with Crippen molar-refractivity contribution in [1.82, 2.24) is 4.57 Å². The summed E-state index contributed by atoms with van der Waals surface area (Å²) in [6.07, 6.45) is 0. The van der Waals surface area contributed by atoms with Crippen molar-refractivity contribution in [2.45, 2.75) is 6.54 Å². The van der Waals surface area contributed by atoms with E-state index in [1.165, 1.54) is 41.2 Å². The van der Waals surface area contributed by atoms with Gasteiger partial charge in [-0.1, -0.05) is 0 Å². The van der Waals surface area contributed by atoms with E-state index in [2.05, 4.69) is 4.74 Å². The topological polar surface area (TPSA) is 105 Å². The quantitative estimate of drug-likeness (QED) is 0.412. The van der Waals surface area contributed by atoms with E-state index >= 15 is 0 Å². The average Bonchev–Trinajstić information content (AvgIpc) is 3.11. The minimum absolute atomic E-state index is 0.147. The molecule has 2 aromatic heterocycles. The number of esters is 1. The molecule has 3 rings (SSSR count). The Balaban J connectivity index is 1.98. The molecule has 0 saturated heterocycles. The number of benzene rings is 1. The van der Waals surface area contributed by atoms with Crippen LogP contribution in [-0.2, 0) is 11.3 Å². The number of fused-ring (bicyclic) bond motifs is 1. The number of carbonyl (C=O) groups excluding carboxylic acids is 1. The Morgan fingerprint density at radius 3 is 2.87 bits per heavy atom. The third kappa shape index (κ3) is 2.73. The van der Waals surface area contributed by atoms with Gasteiger partial charge in [0.15, 0.2) is 5.58 Å². The second-order valence-corrected chi connectivity index (χ2v) is 5.79. The molecule has 0 aliphatic heterocycles. The number of methoxy groups -OCH3 is 1. The van der Waals surface area contributed by atoms with Crippen molar-refractivity contribution in [1.29, 1.82) is 0 Å². The monoisotopic (exact) mass is 334 g/mol. The first-order valence-corrected chi connectivity index (χ1v) is 7.26. The molecule has 0 saturated carbocycles. The summed E-state index contributed by atoms with van der Waals surface area (Å²) < 4.78 is 11.0. The maximum atomic E-state index is 12.0. The van der Waals surface area contributed by atoms with Gasteiger partial charge in [0.25, 0.3) is 5.69 Å². The Hall–Kier alpha value is -2.94. The van der Waals surface area contributed by atoms with Gasteiger partial charge in [-0.05, 0) is 18.2 Å². The highest BCUT2D eigenvalue weighted by atomic mass is 32.1. The molecular formula is C14H10N2O6S. The first-order valence-electron chi connectivity index (χ1n) is 6.44. The first kappa shape index (κ1) is 15.0. The number of nitro groups is 1. The molecule has 118 valence electrons. The zero-order valence-electron chi connectivity index (χ0n) is 11.8. The normalized spacial score (nSPS) is 10.8. The third-order valence-corrected chi connectivity index (χ3v) is 4.27. The van der Waals surface area contributed by atoms with Gasteiger partial charge < -0.3 is 9.15 Å². The maximum Gasteiger partial charge on any atom is 0.420 e. The van der Waals surface area contributed by atoms with Crippen LogP contribution in [0.1, 0.15) is 14.5 Å². The van der Waals surface area contributed by atoms with Gasteiger partial charge in [0.1, 0.15) is 4.88 Å². The van der Waals surface area contributed by atoms with Gasteiger partial charge in [-0.2, -0.15) is 0 Å². The highest BCUT2D eigenvalue weighted by Crippen LogP contribution is 2.23. The number of hydrogen-bond donors (Lipinski definition) is 0. The SMILES string of the molecule is COC(=O)c1ccc(Cn2c(=O)oc3cc([N+](=O)[O-])ccc32)s1. The summed E-state index contributed by atoms with van der Waals surface area (Å²) in [5.41, 5.74) is 0.449. The number of hydrogen-bond acceptors (Lipinski definition) is 7. The molecule has 23 heavy (non-hydrogen) atoms. The molecule has 0 N–H and O–H groups in total. The van der Waals surface area contributed by atoms with Crippen LogP contribution in [0.2, 0.25) is 0 Å². The lowest BCUT2D eigenvalue weighted by Gasteiger charge is -1.99. The Labute approximate surface area is 132 Å². The second kappa shape index (κ2) is 5.69. The van der Waals surface area contributed by atoms with Crippen LogP contribution < -0.4 is 5.76 Å². The molecule has 1 aromatic carbocycles. The van der Waals surface area contributed by atoms with Gasteiger partial charge in [0, 0.05) is 10.9 Å². The summed E-state index contributed by atoms with van der Waals surface area (Å²) in [4.78, 5) is 34.8. The maximum absolute atomic E-state index is 12.0. The Kier molecular flexibility index (Phi) is 3.70. The van der Waals surface area contributed by atoms with Crippen LogP contribution in [0, 0.1) is 10.1 Å². The molecular weight excluding hydrogens is 324 g/mol. The zero-order valence-corrected chi connectivity index (χ0v) is 12.7. The Bertz CT molecular complexity index is 967. The zero-order chi connectivity index (χ0) is 16.6. The van der Waals surface area contributed by atoms with Crippen molar-refractivity contribution in [3.05, 3.63) is 60.8 Å².